The van der Waals surface area contributed by atoms with Gasteiger partial charge in [0.15, 0.2) is 0 Å². The zero-order valence-electron chi connectivity index (χ0n) is 17.8. The second-order valence-corrected chi connectivity index (χ2v) is 10.4. The summed E-state index contributed by atoms with van der Waals surface area (Å²) < 4.78 is 40.2. The van der Waals surface area contributed by atoms with Crippen LogP contribution in [0, 0.1) is 5.82 Å². The van der Waals surface area contributed by atoms with Crippen LogP contribution in [0.15, 0.2) is 48.5 Å². The van der Waals surface area contributed by atoms with Gasteiger partial charge >= 0.3 is 6.03 Å². The number of rotatable bonds is 5. The van der Waals surface area contributed by atoms with Gasteiger partial charge < -0.3 is 9.80 Å². The van der Waals surface area contributed by atoms with E-state index in [0.717, 1.165) is 35.9 Å². The van der Waals surface area contributed by atoms with Crippen molar-refractivity contribution >= 4 is 16.1 Å². The minimum absolute atomic E-state index is 0.0252. The average Bonchev–Trinajstić information content (AvgIpc) is 3.07. The average molecular weight is 446 g/mol. The summed E-state index contributed by atoms with van der Waals surface area (Å²) in [5.41, 5.74) is 2.64. The number of benzene rings is 2. The fourth-order valence-electron chi connectivity index (χ4n) is 4.51. The Morgan fingerprint density at radius 2 is 1.74 bits per heavy atom. The summed E-state index contributed by atoms with van der Waals surface area (Å²) in [5, 5.41) is 0. The first kappa shape index (κ1) is 21.8. The minimum Gasteiger partial charge on any atom is -0.322 e. The summed E-state index contributed by atoms with van der Waals surface area (Å²) in [4.78, 5) is 16.8. The van der Waals surface area contributed by atoms with E-state index in [-0.39, 0.29) is 30.0 Å². The molecule has 4 rings (SSSR count). The maximum Gasteiger partial charge on any atom is 0.320 e. The molecule has 0 saturated carbocycles. The molecule has 2 aromatic carbocycles. The van der Waals surface area contributed by atoms with Crippen LogP contribution < -0.4 is 4.72 Å². The molecule has 166 valence electrons. The molecule has 2 heterocycles. The summed E-state index contributed by atoms with van der Waals surface area (Å²) in [7, 11) is -3.40. The Hall–Kier alpha value is -2.45. The van der Waals surface area contributed by atoms with Gasteiger partial charge in [-0.3, -0.25) is 0 Å². The summed E-state index contributed by atoms with van der Waals surface area (Å²) in [5.74, 6) is -0.295. The molecule has 0 spiro atoms. The molecular weight excluding hydrogens is 417 g/mol. The summed E-state index contributed by atoms with van der Waals surface area (Å²) in [6.45, 7) is 3.28. The third-order valence-corrected chi connectivity index (χ3v) is 6.98. The Bertz CT molecular complexity index is 1080. The van der Waals surface area contributed by atoms with E-state index in [1.807, 2.05) is 47.1 Å². The number of nitrogens with one attached hydrogen (secondary N) is 1. The Balaban J connectivity index is 1.60. The van der Waals surface area contributed by atoms with Crippen molar-refractivity contribution in [1.29, 1.82) is 0 Å². The number of likely N-dealkylation sites (tertiary alicyclic amines) is 2. The molecule has 1 unspecified atom stereocenters. The lowest BCUT2D eigenvalue weighted by molar-refractivity contribution is 0.0877. The molecule has 2 amide bonds. The van der Waals surface area contributed by atoms with Gasteiger partial charge in [0.2, 0.25) is 10.0 Å². The molecule has 0 aliphatic carbocycles. The van der Waals surface area contributed by atoms with Crippen LogP contribution in [0.3, 0.4) is 0 Å². The molecule has 2 aliphatic rings. The number of halogens is 1. The van der Waals surface area contributed by atoms with Gasteiger partial charge in [-0.2, -0.15) is 0 Å². The SMILES string of the molecule is CC1CCN1C(=O)N1CC[C@H](NS(C)(=O)=O)[C@@H]1Cc1cccc(-c2cccc(F)c2)c1. The van der Waals surface area contributed by atoms with Gasteiger partial charge in [-0.05, 0) is 55.0 Å². The van der Waals surface area contributed by atoms with E-state index < -0.39 is 10.0 Å². The van der Waals surface area contributed by atoms with Crippen molar-refractivity contribution in [2.75, 3.05) is 19.3 Å². The van der Waals surface area contributed by atoms with Crippen molar-refractivity contribution in [3.05, 3.63) is 59.9 Å². The Morgan fingerprint density at radius 3 is 2.35 bits per heavy atom. The van der Waals surface area contributed by atoms with Crippen LogP contribution in [-0.4, -0.2) is 61.7 Å². The second-order valence-electron chi connectivity index (χ2n) is 8.57. The molecule has 31 heavy (non-hydrogen) atoms. The highest BCUT2D eigenvalue weighted by atomic mass is 32.2. The normalized spacial score (nSPS) is 23.6. The predicted octanol–water partition coefficient (Wildman–Crippen LogP) is 3.24. The van der Waals surface area contributed by atoms with E-state index in [1.165, 1.54) is 12.1 Å². The molecule has 0 aromatic heterocycles. The number of carbonyl (C=O) groups is 1. The van der Waals surface area contributed by atoms with E-state index in [4.69, 9.17) is 0 Å². The van der Waals surface area contributed by atoms with Crippen LogP contribution >= 0.6 is 0 Å². The first-order valence-corrected chi connectivity index (χ1v) is 12.5. The van der Waals surface area contributed by atoms with Crippen molar-refractivity contribution in [1.82, 2.24) is 14.5 Å². The number of amides is 2. The highest BCUT2D eigenvalue weighted by Gasteiger charge is 2.42. The first-order chi connectivity index (χ1) is 14.7. The molecule has 0 radical (unpaired) electrons. The summed E-state index contributed by atoms with van der Waals surface area (Å²) in [6, 6.07) is 13.8. The van der Waals surface area contributed by atoms with E-state index in [9.17, 15) is 17.6 Å². The van der Waals surface area contributed by atoms with Crippen LogP contribution in [-0.2, 0) is 16.4 Å². The maximum absolute atomic E-state index is 13.7. The lowest BCUT2D eigenvalue weighted by Crippen LogP contribution is -2.57. The molecule has 8 heteroatoms. The highest BCUT2D eigenvalue weighted by Crippen LogP contribution is 2.29. The molecule has 0 bridgehead atoms. The van der Waals surface area contributed by atoms with Crippen molar-refractivity contribution in [3.8, 4) is 11.1 Å². The number of urea groups is 1. The van der Waals surface area contributed by atoms with Gasteiger partial charge in [0.1, 0.15) is 5.82 Å². The van der Waals surface area contributed by atoms with Gasteiger partial charge in [-0.15, -0.1) is 0 Å². The van der Waals surface area contributed by atoms with Gasteiger partial charge in [0.25, 0.3) is 0 Å². The molecule has 2 fully saturated rings. The molecule has 3 atom stereocenters. The van der Waals surface area contributed by atoms with Crippen LogP contribution in [0.25, 0.3) is 11.1 Å². The standard InChI is InChI=1S/C23H28FN3O3S/c1-16-9-11-26(16)23(28)27-12-10-21(25-31(2,29)30)22(27)14-17-5-3-6-18(13-17)19-7-4-8-20(24)15-19/h3-8,13,15-16,21-22,25H,9-12,14H2,1-2H3/t16?,21-,22-/m0/s1. The molecular formula is C23H28FN3O3S. The number of nitrogens with zero attached hydrogens (tertiary/aromatic N) is 2. The molecule has 2 aliphatic heterocycles. The van der Waals surface area contributed by atoms with E-state index >= 15 is 0 Å². The van der Waals surface area contributed by atoms with Gasteiger partial charge in [-0.25, -0.2) is 22.3 Å². The fourth-order valence-corrected chi connectivity index (χ4v) is 5.33. The summed E-state index contributed by atoms with van der Waals surface area (Å²) >= 11 is 0. The van der Waals surface area contributed by atoms with Gasteiger partial charge in [0.05, 0.1) is 12.3 Å². The predicted molar refractivity (Wildman–Crippen MR) is 119 cm³/mol. The smallest absolute Gasteiger partial charge is 0.320 e. The van der Waals surface area contributed by atoms with Gasteiger partial charge in [-0.1, -0.05) is 36.4 Å². The Kier molecular flexibility index (Phi) is 6.03. The zero-order chi connectivity index (χ0) is 22.2. The molecule has 2 saturated heterocycles. The largest absolute Gasteiger partial charge is 0.322 e. The third-order valence-electron chi connectivity index (χ3n) is 6.25. The van der Waals surface area contributed by atoms with E-state index in [1.54, 1.807) is 6.07 Å². The van der Waals surface area contributed by atoms with Crippen LogP contribution in [0.1, 0.15) is 25.3 Å². The highest BCUT2D eigenvalue weighted by molar-refractivity contribution is 7.88. The zero-order valence-corrected chi connectivity index (χ0v) is 18.6. The van der Waals surface area contributed by atoms with Crippen molar-refractivity contribution in [2.45, 2.75) is 44.3 Å². The quantitative estimate of drug-likeness (QED) is 0.768. The number of sulfonamides is 1. The topological polar surface area (TPSA) is 69.7 Å². The van der Waals surface area contributed by atoms with Crippen molar-refractivity contribution in [3.63, 3.8) is 0 Å². The van der Waals surface area contributed by atoms with Crippen molar-refractivity contribution < 1.29 is 17.6 Å². The van der Waals surface area contributed by atoms with Crippen LogP contribution in [0.5, 0.6) is 0 Å². The molecule has 2 aromatic rings. The summed E-state index contributed by atoms with van der Waals surface area (Å²) in [6.07, 6.45) is 3.24. The van der Waals surface area contributed by atoms with Gasteiger partial charge in [0, 0.05) is 25.2 Å². The molecule has 1 N–H and O–H groups in total. The lowest BCUT2D eigenvalue weighted by atomic mass is 9.97. The maximum atomic E-state index is 13.7. The van der Waals surface area contributed by atoms with Crippen molar-refractivity contribution in [2.24, 2.45) is 0 Å². The monoisotopic (exact) mass is 445 g/mol. The second kappa shape index (κ2) is 8.59. The third kappa shape index (κ3) is 4.91. The Labute approximate surface area is 183 Å². The van der Waals surface area contributed by atoms with Crippen LogP contribution in [0.2, 0.25) is 0 Å². The number of hydrogen-bond acceptors (Lipinski definition) is 3. The number of carbonyl (C=O) groups excluding carboxylic acids is 1. The van der Waals surface area contributed by atoms with E-state index in [0.29, 0.717) is 19.4 Å². The fraction of sp³-hybridized carbons (Fsp3) is 0.435. The Morgan fingerprint density at radius 1 is 1.06 bits per heavy atom. The minimum atomic E-state index is -3.40. The molecule has 6 nitrogen and oxygen atoms in total. The van der Waals surface area contributed by atoms with E-state index in [2.05, 4.69) is 4.72 Å². The lowest BCUT2D eigenvalue weighted by Gasteiger charge is -2.42. The number of hydrogen-bond donors (Lipinski definition) is 1. The van der Waals surface area contributed by atoms with Crippen LogP contribution in [0.4, 0.5) is 9.18 Å². The first-order valence-electron chi connectivity index (χ1n) is 10.6.